The third-order valence-corrected chi connectivity index (χ3v) is 24.7. The number of alkyl halides is 5. The summed E-state index contributed by atoms with van der Waals surface area (Å²) in [6, 6.07) is 81.6. The molecule has 3 saturated heterocycles. The lowest BCUT2D eigenvalue weighted by Crippen LogP contribution is -2.25. The summed E-state index contributed by atoms with van der Waals surface area (Å²) in [6.45, 7) is 17.6. The third-order valence-electron chi connectivity index (χ3n) is 24.3. The van der Waals surface area contributed by atoms with Crippen LogP contribution in [0.5, 0.6) is 11.5 Å². The van der Waals surface area contributed by atoms with Crippen molar-refractivity contribution in [3.63, 3.8) is 0 Å². The van der Waals surface area contributed by atoms with Crippen LogP contribution in [0.3, 0.4) is 0 Å². The van der Waals surface area contributed by atoms with E-state index in [1.165, 1.54) is 65.1 Å². The molecule has 3 aliphatic heterocycles. The number of aryl methyl sites for hydroxylation is 4. The Hall–Kier alpha value is -15.0. The summed E-state index contributed by atoms with van der Waals surface area (Å²) >= 11 is 6.35. The van der Waals surface area contributed by atoms with Crippen LogP contribution >= 0.6 is 11.6 Å². The highest BCUT2D eigenvalue weighted by atomic mass is 35.5. The summed E-state index contributed by atoms with van der Waals surface area (Å²) in [4.78, 5) is 0. The van der Waals surface area contributed by atoms with Crippen molar-refractivity contribution in [1.82, 2.24) is 0 Å². The van der Waals surface area contributed by atoms with Crippen molar-refractivity contribution < 1.29 is 117 Å². The van der Waals surface area contributed by atoms with E-state index in [2.05, 4.69) is 102 Å². The van der Waals surface area contributed by atoms with Crippen molar-refractivity contribution in [2.75, 3.05) is 33.0 Å². The molecule has 16 aromatic carbocycles. The van der Waals surface area contributed by atoms with Gasteiger partial charge in [-0.05, 0) is 222 Å². The fourth-order valence-corrected chi connectivity index (χ4v) is 16.4. The highest BCUT2D eigenvalue weighted by Crippen LogP contribution is 2.43. The molecule has 19 rings (SSSR count). The molecule has 0 radical (unpaired) electrons. The molecular weight excluding hydrogens is 1970 g/mol. The summed E-state index contributed by atoms with van der Waals surface area (Å²) < 4.78 is 298. The number of ether oxygens (including phenoxy) is 7. The van der Waals surface area contributed by atoms with Gasteiger partial charge in [-0.25, -0.2) is 61.5 Å². The van der Waals surface area contributed by atoms with E-state index in [-0.39, 0.29) is 57.4 Å². The predicted octanol–water partition coefficient (Wildman–Crippen LogP) is 34.3. The SMILES string of the molecule is CC1COC(c2ccc(-c3ccc(-c4cc(F)c(F)c(F)c4)c(F)c3)cc2)OC1.CC1COC(c2ccc(-c3ccc(-c4cc(F)c(OC(F)(F)F)c(F)c4)c(F)c3)cc2)OC1.Cc1ccc(-c2ccc(-c3cc(F)c(C(F)(F)Oc4cc(F)c(F)c(F)c4)c(F)c3)c(F)c2)cc1.Cc1ccc(-c2ccc(-c3ccc(C4CCC(C)CO4)cc3)cc2F)cc1.Cc1ccc(C#Cc2ccc(C#Cc3ccc(C)cc3)c(Cl)c2)cc1. The van der Waals surface area contributed by atoms with E-state index in [0.29, 0.717) is 107 Å². The van der Waals surface area contributed by atoms with E-state index >= 15 is 0 Å². The molecule has 3 aliphatic rings. The van der Waals surface area contributed by atoms with E-state index in [4.69, 9.17) is 35.3 Å². The second kappa shape index (κ2) is 48.3. The molecule has 762 valence electrons. The summed E-state index contributed by atoms with van der Waals surface area (Å²) in [7, 11) is 0. The number of hydrogen-bond acceptors (Lipinski definition) is 7. The van der Waals surface area contributed by atoms with Crippen molar-refractivity contribution in [2.45, 2.75) is 92.5 Å². The Labute approximate surface area is 853 Å². The average Bonchev–Trinajstić information content (AvgIpc) is 0.778. The van der Waals surface area contributed by atoms with Crippen LogP contribution in [0.25, 0.3) is 89.0 Å². The number of rotatable bonds is 15. The molecular formula is C122H92ClF19O7. The average molecular weight is 2070 g/mol. The Balaban J connectivity index is 0.000000140. The molecule has 0 bridgehead atoms. The Morgan fingerprint density at radius 3 is 0.919 bits per heavy atom. The van der Waals surface area contributed by atoms with Crippen LogP contribution < -0.4 is 9.47 Å². The van der Waals surface area contributed by atoms with Crippen LogP contribution in [0.4, 0.5) is 83.4 Å². The van der Waals surface area contributed by atoms with Crippen LogP contribution in [-0.4, -0.2) is 39.4 Å². The van der Waals surface area contributed by atoms with E-state index in [1.807, 2.05) is 143 Å². The third kappa shape index (κ3) is 28.3. The molecule has 2 unspecified atom stereocenters. The molecule has 3 heterocycles. The minimum atomic E-state index is -5.26. The summed E-state index contributed by atoms with van der Waals surface area (Å²) in [6.07, 6.45) is -8.42. The van der Waals surface area contributed by atoms with Crippen LogP contribution in [0.1, 0.15) is 119 Å². The lowest BCUT2D eigenvalue weighted by atomic mass is 9.94. The second-order valence-electron chi connectivity index (χ2n) is 36.2. The predicted molar refractivity (Wildman–Crippen MR) is 536 cm³/mol. The van der Waals surface area contributed by atoms with Crippen molar-refractivity contribution in [3.05, 3.63) is 463 Å². The molecule has 149 heavy (non-hydrogen) atoms. The second-order valence-corrected chi connectivity index (χ2v) is 36.6. The minimum absolute atomic E-state index is 0.0127. The maximum Gasteiger partial charge on any atom is 0.573 e. The molecule has 7 nitrogen and oxygen atoms in total. The standard InChI is InChI=1S/C26H14F8O.C25H25FO.C24H17Cl.C24H18F6O3.C23H18F4O2/c1-13-2-4-14(5-3-13)15-6-7-18(19(27)8-15)16-9-20(28)24(21(29)10-16)26(33,34)35-17-11-22(30)25(32)23(31)12-17;1-17-3-6-20(7-4-17)23-13-12-22(15-24(23)26)19-8-10-21(11-9-19)25-14-5-18(2)16-27-25;1-18-3-7-20(8-4-18)11-12-22-14-16-23(24(25)17-22)15-13-21-9-5-19(2)6-10-21;1-13-11-31-23(32-12-13)15-4-2-14(3-5-15)16-6-7-18(19(25)8-16)17-9-20(26)22(21(27)10-17)33-24(28,29)30;1-13-11-28-23(29-12-13)15-4-2-14(3-5-15)16-6-7-18(19(24)8-16)17-9-20(25)22(27)21(26)10-17/h2-12H,1H3;3-4,6-13,15,18,25H,5,14,16H2,1-2H3;3-10,14,16-17H,1-2H3;2-10,13,23H,11-12H2,1H3;2-10,13,23H,11-12H2,1H3. The zero-order chi connectivity index (χ0) is 106. The minimum Gasteiger partial charge on any atom is -0.429 e. The van der Waals surface area contributed by atoms with Crippen LogP contribution in [0, 0.1) is 151 Å². The number of hydrogen-bond donors (Lipinski definition) is 0. The lowest BCUT2D eigenvalue weighted by Gasteiger charge is -2.27. The maximum absolute atomic E-state index is 14.8. The molecule has 0 aliphatic carbocycles. The smallest absolute Gasteiger partial charge is 0.429 e. The zero-order valence-corrected chi connectivity index (χ0v) is 81.5. The molecule has 0 spiro atoms. The van der Waals surface area contributed by atoms with Crippen molar-refractivity contribution in [2.24, 2.45) is 17.8 Å². The first kappa shape index (κ1) is 108. The lowest BCUT2D eigenvalue weighted by molar-refractivity contribution is -0.276. The zero-order valence-electron chi connectivity index (χ0n) is 80.8. The Morgan fingerprint density at radius 1 is 0.268 bits per heavy atom. The molecule has 0 aromatic heterocycles. The Bertz CT molecular complexity index is 7480. The quantitative estimate of drug-likeness (QED) is 0.0576. The van der Waals surface area contributed by atoms with Gasteiger partial charge in [-0.15, -0.1) is 13.2 Å². The first-order valence-electron chi connectivity index (χ1n) is 47.0. The molecule has 3 fully saturated rings. The maximum atomic E-state index is 14.8. The number of benzene rings is 16. The van der Waals surface area contributed by atoms with Gasteiger partial charge in [-0.3, -0.25) is 0 Å². The monoisotopic (exact) mass is 2060 g/mol. The molecule has 2 atom stereocenters. The summed E-state index contributed by atoms with van der Waals surface area (Å²) in [5.74, 6) is -8.10. The first-order chi connectivity index (χ1) is 71.2. The topological polar surface area (TPSA) is 64.6 Å². The fourth-order valence-electron chi connectivity index (χ4n) is 16.2. The van der Waals surface area contributed by atoms with Gasteiger partial charge < -0.3 is 33.2 Å². The van der Waals surface area contributed by atoms with Crippen molar-refractivity contribution in [1.29, 1.82) is 0 Å². The van der Waals surface area contributed by atoms with Gasteiger partial charge in [0.15, 0.2) is 59.1 Å². The molecule has 0 N–H and O–H groups in total. The van der Waals surface area contributed by atoms with Crippen molar-refractivity contribution in [3.8, 4) is 124 Å². The normalized spacial score (nSPS) is 15.9. The van der Waals surface area contributed by atoms with Crippen LogP contribution in [-0.2, 0) is 29.8 Å². The van der Waals surface area contributed by atoms with Gasteiger partial charge in [0, 0.05) is 86.2 Å². The van der Waals surface area contributed by atoms with Gasteiger partial charge in [-0.1, -0.05) is 272 Å². The van der Waals surface area contributed by atoms with Crippen molar-refractivity contribution >= 4 is 11.6 Å². The first-order valence-corrected chi connectivity index (χ1v) is 47.4. The van der Waals surface area contributed by atoms with Gasteiger partial charge in [0.05, 0.1) is 37.6 Å². The van der Waals surface area contributed by atoms with Gasteiger partial charge in [-0.2, -0.15) is 8.78 Å². The Morgan fingerprint density at radius 2 is 0.564 bits per heavy atom. The molecule has 0 saturated carbocycles. The summed E-state index contributed by atoms with van der Waals surface area (Å²) in [5, 5.41) is 0.621. The highest BCUT2D eigenvalue weighted by Gasteiger charge is 2.42. The molecule has 0 amide bonds. The molecule has 27 heteroatoms. The van der Waals surface area contributed by atoms with E-state index in [1.54, 1.807) is 54.6 Å². The van der Waals surface area contributed by atoms with Gasteiger partial charge in [0.2, 0.25) is 5.75 Å². The highest BCUT2D eigenvalue weighted by molar-refractivity contribution is 6.31. The van der Waals surface area contributed by atoms with Gasteiger partial charge in [0.1, 0.15) is 46.2 Å². The van der Waals surface area contributed by atoms with Gasteiger partial charge >= 0.3 is 12.5 Å². The van der Waals surface area contributed by atoms with Gasteiger partial charge in [0.25, 0.3) is 0 Å². The van der Waals surface area contributed by atoms with Crippen LogP contribution in [0.15, 0.2) is 309 Å². The largest absolute Gasteiger partial charge is 0.573 e. The van der Waals surface area contributed by atoms with E-state index in [0.717, 1.165) is 92.4 Å². The summed E-state index contributed by atoms with van der Waals surface area (Å²) in [5.41, 5.74) is 15.3. The van der Waals surface area contributed by atoms with E-state index < -0.39 is 118 Å². The van der Waals surface area contributed by atoms with Crippen LogP contribution in [0.2, 0.25) is 5.02 Å². The Kier molecular flexibility index (Phi) is 35.1. The molecule has 16 aromatic rings. The fraction of sp³-hybridized carbons (Fsp3) is 0.180. The van der Waals surface area contributed by atoms with E-state index in [9.17, 15) is 83.4 Å². The number of halogens is 20.